The van der Waals surface area contributed by atoms with Gasteiger partial charge in [0.1, 0.15) is 18.0 Å². The van der Waals surface area contributed by atoms with Crippen molar-refractivity contribution in [2.24, 2.45) is 0 Å². The molecule has 4 aromatic carbocycles. The Labute approximate surface area is 306 Å². The van der Waals surface area contributed by atoms with Gasteiger partial charge in [-0.05, 0) is 36.9 Å². The number of alkyl halides is 2. The van der Waals surface area contributed by atoms with Crippen LogP contribution < -0.4 is 32.2 Å². The van der Waals surface area contributed by atoms with E-state index in [1.54, 1.807) is 0 Å². The van der Waals surface area contributed by atoms with Gasteiger partial charge in [-0.1, -0.05) is 163 Å². The van der Waals surface area contributed by atoms with Gasteiger partial charge >= 0.3 is 11.6 Å². The van der Waals surface area contributed by atoms with Gasteiger partial charge in [0, 0.05) is 6.20 Å². The van der Waals surface area contributed by atoms with Crippen molar-refractivity contribution >= 4 is 43.2 Å². The number of benzene rings is 4. The molecular weight excluding hydrogens is 693 g/mol. The van der Waals surface area contributed by atoms with Gasteiger partial charge in [-0.2, -0.15) is 13.8 Å². The minimum atomic E-state index is -3.70. The van der Waals surface area contributed by atoms with E-state index in [4.69, 9.17) is 19.3 Å². The minimum absolute atomic E-state index is 0.0748. The predicted octanol–water partition coefficient (Wildman–Crippen LogP) is 5.88. The maximum Gasteiger partial charge on any atom is 0.351 e. The molecule has 1 fully saturated rings. The molecule has 3 atom stereocenters. The van der Waals surface area contributed by atoms with E-state index in [-0.39, 0.29) is 12.4 Å². The lowest BCUT2D eigenvalue weighted by atomic mass is 10.1. The highest BCUT2D eigenvalue weighted by Gasteiger charge is 2.65. The Bertz CT molecular complexity index is 1930. The van der Waals surface area contributed by atoms with Crippen LogP contribution in [0.5, 0.6) is 0 Å². The van der Waals surface area contributed by atoms with Crippen LogP contribution in [0, 0.1) is 0 Å². The minimum Gasteiger partial charge on any atom is -0.405 e. The van der Waals surface area contributed by atoms with E-state index >= 15 is 8.78 Å². The van der Waals surface area contributed by atoms with Crippen molar-refractivity contribution in [2.45, 2.75) is 76.0 Å². The lowest BCUT2D eigenvalue weighted by molar-refractivity contribution is -0.137. The number of nitrogens with zero attached hydrogens (tertiary/aromatic N) is 2. The fraction of sp³-hybridized carbons (Fsp3) is 0.317. The molecule has 0 radical (unpaired) electrons. The molecule has 52 heavy (non-hydrogen) atoms. The third-order valence-electron chi connectivity index (χ3n) is 10.1. The summed E-state index contributed by atoms with van der Waals surface area (Å²) >= 11 is 0. The van der Waals surface area contributed by atoms with Crippen molar-refractivity contribution in [3.63, 3.8) is 0 Å². The molecule has 0 saturated carbocycles. The van der Waals surface area contributed by atoms with Crippen LogP contribution in [-0.2, 0) is 13.6 Å². The molecule has 5 aromatic rings. The molecule has 0 bridgehead atoms. The van der Waals surface area contributed by atoms with Crippen molar-refractivity contribution in [1.82, 2.24) is 9.55 Å². The molecule has 2 N–H and O–H groups in total. The van der Waals surface area contributed by atoms with Crippen LogP contribution in [0.25, 0.3) is 0 Å². The standard InChI is InChI=1S/C41H47F2N3O4Si2/c1-39(2,3)51(30-19-11-7-12-20-30,31-21-13-8-14-22-31)48-29-34-36(41(42,43)37(49-34)46-28-27-35(44)45-38(46)47)50-52(40(4,5)6,32-23-15-9-16-24-32)33-25-17-10-18-26-33/h7-28,34,36-37H,29H2,1-6H3,(H2,44,45,47)/t34-,36?,37?/m1/s1. The molecule has 6 rings (SSSR count). The van der Waals surface area contributed by atoms with Gasteiger partial charge in [0.25, 0.3) is 16.6 Å². The summed E-state index contributed by atoms with van der Waals surface area (Å²) in [6, 6.07) is 40.6. The highest BCUT2D eigenvalue weighted by atomic mass is 28.4. The lowest BCUT2D eigenvalue weighted by Gasteiger charge is -2.46. The van der Waals surface area contributed by atoms with Crippen LogP contribution in [0.4, 0.5) is 14.6 Å². The van der Waals surface area contributed by atoms with E-state index in [9.17, 15) is 4.79 Å². The molecular formula is C41H47F2N3O4Si2. The van der Waals surface area contributed by atoms with Crippen LogP contribution in [0.3, 0.4) is 0 Å². The average Bonchev–Trinajstić information content (AvgIpc) is 3.36. The van der Waals surface area contributed by atoms with Gasteiger partial charge in [-0.3, -0.25) is 4.57 Å². The van der Waals surface area contributed by atoms with Crippen molar-refractivity contribution in [3.05, 3.63) is 144 Å². The second-order valence-electron chi connectivity index (χ2n) is 15.4. The fourth-order valence-electron chi connectivity index (χ4n) is 7.70. The monoisotopic (exact) mass is 739 g/mol. The number of aromatic nitrogens is 2. The molecule has 1 aliphatic heterocycles. The smallest absolute Gasteiger partial charge is 0.351 e. The summed E-state index contributed by atoms with van der Waals surface area (Å²) in [5, 5.41) is 2.63. The first kappa shape index (κ1) is 37.5. The van der Waals surface area contributed by atoms with Gasteiger partial charge in [-0.25, -0.2) is 4.79 Å². The second kappa shape index (κ2) is 14.3. The van der Waals surface area contributed by atoms with Crippen LogP contribution in [-0.4, -0.2) is 50.9 Å². The third kappa shape index (κ3) is 6.60. The molecule has 2 heterocycles. The largest absolute Gasteiger partial charge is 0.405 e. The van der Waals surface area contributed by atoms with Gasteiger partial charge in [0.15, 0.2) is 0 Å². The normalized spacial score (nSPS) is 19.4. The third-order valence-corrected chi connectivity index (χ3v) is 20.1. The molecule has 272 valence electrons. The van der Waals surface area contributed by atoms with Crippen LogP contribution in [0.15, 0.2) is 138 Å². The summed E-state index contributed by atoms with van der Waals surface area (Å²) in [4.78, 5) is 16.9. The summed E-state index contributed by atoms with van der Waals surface area (Å²) in [6.07, 6.45) is -3.92. The number of nitrogens with two attached hydrogens (primary N) is 1. The van der Waals surface area contributed by atoms with Crippen LogP contribution in [0.2, 0.25) is 10.1 Å². The number of hydrogen-bond donors (Lipinski definition) is 1. The zero-order valence-electron chi connectivity index (χ0n) is 30.5. The predicted molar refractivity (Wildman–Crippen MR) is 208 cm³/mol. The summed E-state index contributed by atoms with van der Waals surface area (Å²) < 4.78 is 56.4. The Hall–Kier alpha value is -4.27. The van der Waals surface area contributed by atoms with Crippen molar-refractivity contribution in [1.29, 1.82) is 0 Å². The van der Waals surface area contributed by atoms with Gasteiger partial charge < -0.3 is 19.3 Å². The number of halogens is 2. The van der Waals surface area contributed by atoms with Crippen molar-refractivity contribution in [3.8, 4) is 0 Å². The molecule has 0 aliphatic carbocycles. The SMILES string of the molecule is CC(C)(C)[Si](OC[C@H]1OC(n2ccc(N)nc2=O)C(F)(F)C1O[Si](c1ccccc1)(c1ccccc1)C(C)(C)C)(c1ccccc1)c1ccccc1. The first-order valence-electron chi connectivity index (χ1n) is 17.5. The summed E-state index contributed by atoms with van der Waals surface area (Å²) in [5.41, 5.74) is 4.83. The van der Waals surface area contributed by atoms with Crippen molar-refractivity contribution < 1.29 is 22.4 Å². The quantitative estimate of drug-likeness (QED) is 0.180. The van der Waals surface area contributed by atoms with E-state index < -0.39 is 56.8 Å². The number of rotatable bonds is 10. The molecule has 0 spiro atoms. The van der Waals surface area contributed by atoms with Crippen LogP contribution >= 0.6 is 0 Å². The molecule has 1 aliphatic rings. The first-order valence-corrected chi connectivity index (χ1v) is 21.4. The first-order chi connectivity index (χ1) is 24.6. The summed E-state index contributed by atoms with van der Waals surface area (Å²) in [6.45, 7) is 12.3. The fourth-order valence-corrected chi connectivity index (χ4v) is 17.0. The summed E-state index contributed by atoms with van der Waals surface area (Å²) in [5.74, 6) is -3.78. The molecule has 7 nitrogen and oxygen atoms in total. The number of hydrogen-bond acceptors (Lipinski definition) is 6. The Morgan fingerprint density at radius 3 is 1.50 bits per heavy atom. The number of ether oxygens (including phenoxy) is 1. The molecule has 2 unspecified atom stereocenters. The summed E-state index contributed by atoms with van der Waals surface area (Å²) in [7, 11) is -6.77. The molecule has 0 amide bonds. The van der Waals surface area contributed by atoms with E-state index in [1.165, 1.54) is 12.3 Å². The maximum atomic E-state index is 17.4. The second-order valence-corrected chi connectivity index (χ2v) is 24.0. The van der Waals surface area contributed by atoms with Gasteiger partial charge in [-0.15, -0.1) is 0 Å². The molecule has 1 aromatic heterocycles. The van der Waals surface area contributed by atoms with E-state index in [0.29, 0.717) is 0 Å². The number of nitrogen functional groups attached to an aromatic ring is 1. The molecule has 1 saturated heterocycles. The lowest BCUT2D eigenvalue weighted by Crippen LogP contribution is -2.70. The highest BCUT2D eigenvalue weighted by molar-refractivity contribution is 7.00. The van der Waals surface area contributed by atoms with E-state index in [0.717, 1.165) is 25.3 Å². The number of anilines is 1. The Morgan fingerprint density at radius 1 is 0.712 bits per heavy atom. The van der Waals surface area contributed by atoms with Gasteiger partial charge in [0.05, 0.1) is 6.61 Å². The van der Waals surface area contributed by atoms with E-state index in [1.807, 2.05) is 142 Å². The topological polar surface area (TPSA) is 88.6 Å². The van der Waals surface area contributed by atoms with Gasteiger partial charge in [0.2, 0.25) is 6.23 Å². The Kier molecular flexibility index (Phi) is 10.3. The maximum absolute atomic E-state index is 17.4. The average molecular weight is 740 g/mol. The molecule has 11 heteroatoms. The van der Waals surface area contributed by atoms with Crippen molar-refractivity contribution in [2.75, 3.05) is 12.3 Å². The van der Waals surface area contributed by atoms with Crippen LogP contribution in [0.1, 0.15) is 47.8 Å². The highest BCUT2D eigenvalue weighted by Crippen LogP contribution is 2.48. The Balaban J connectivity index is 1.54. The zero-order chi connectivity index (χ0) is 37.4. The Morgan fingerprint density at radius 2 is 1.12 bits per heavy atom. The van der Waals surface area contributed by atoms with E-state index in [2.05, 4.69) is 25.8 Å². The zero-order valence-corrected chi connectivity index (χ0v) is 32.5.